The molecular formula is C64H43N3. The van der Waals surface area contributed by atoms with E-state index in [0.29, 0.717) is 5.82 Å². The summed E-state index contributed by atoms with van der Waals surface area (Å²) in [6, 6.07) is 93.0. The molecule has 3 nitrogen and oxygen atoms in total. The van der Waals surface area contributed by atoms with Gasteiger partial charge in [-0.15, -0.1) is 0 Å². The summed E-state index contributed by atoms with van der Waals surface area (Å²) < 4.78 is 2.39. The minimum absolute atomic E-state index is 0.672. The molecule has 12 aromatic rings. The Kier molecular flexibility index (Phi) is 10.2. The summed E-state index contributed by atoms with van der Waals surface area (Å²) in [5.41, 5.74) is 19.8. The van der Waals surface area contributed by atoms with Gasteiger partial charge in [0.05, 0.1) is 22.4 Å². The Morgan fingerprint density at radius 1 is 0.254 bits per heavy atom. The van der Waals surface area contributed by atoms with Crippen molar-refractivity contribution in [3.8, 4) is 95.2 Å². The smallest absolute Gasteiger partial charge is 0.160 e. The van der Waals surface area contributed by atoms with Crippen molar-refractivity contribution in [2.45, 2.75) is 0 Å². The average Bonchev–Trinajstić information content (AvgIpc) is 3.76. The largest absolute Gasteiger partial charge is 0.309 e. The Labute approximate surface area is 390 Å². The number of rotatable bonds is 9. The average molecular weight is 854 g/mol. The third-order valence-electron chi connectivity index (χ3n) is 12.8. The van der Waals surface area contributed by atoms with Gasteiger partial charge in [0.15, 0.2) is 5.82 Å². The second-order valence-corrected chi connectivity index (χ2v) is 17.0. The van der Waals surface area contributed by atoms with Gasteiger partial charge in [-0.3, -0.25) is 0 Å². The number of aromatic nitrogens is 3. The highest BCUT2D eigenvalue weighted by Gasteiger charge is 2.19. The highest BCUT2D eigenvalue weighted by Crippen LogP contribution is 2.42. The lowest BCUT2D eigenvalue weighted by molar-refractivity contribution is 1.18. The maximum Gasteiger partial charge on any atom is 0.160 e. The molecule has 12 rings (SSSR count). The van der Waals surface area contributed by atoms with Crippen LogP contribution in [0.4, 0.5) is 0 Å². The Morgan fingerprint density at radius 2 is 0.687 bits per heavy atom. The third kappa shape index (κ3) is 7.69. The van der Waals surface area contributed by atoms with E-state index in [2.05, 4.69) is 259 Å². The highest BCUT2D eigenvalue weighted by atomic mass is 15.0. The Bertz CT molecular complexity index is 3650. The summed E-state index contributed by atoms with van der Waals surface area (Å²) in [6.45, 7) is 0. The molecule has 314 valence electrons. The molecular weight excluding hydrogens is 811 g/mol. The molecule has 0 aliphatic carbocycles. The molecule has 0 fully saturated rings. The molecule has 0 unspecified atom stereocenters. The standard InChI is InChI=1S/C64H43N3/c1-6-19-44(20-7-1)49-35-36-61-58(42-49)63-57(33-18-34-62(63)67(61)56-31-14-5-15-32-56)50-28-17-30-52(38-50)64-65-59(47-25-12-4-13-26-47)43-60(66-64)51-29-16-27-48(37-51)55-40-53(45-21-8-2-9-22-45)39-54(41-55)46-23-10-3-11-24-46/h1-43H. The van der Waals surface area contributed by atoms with Crippen LogP contribution < -0.4 is 0 Å². The highest BCUT2D eigenvalue weighted by molar-refractivity contribution is 6.16. The normalized spacial score (nSPS) is 11.3. The van der Waals surface area contributed by atoms with E-state index in [1.54, 1.807) is 0 Å². The van der Waals surface area contributed by atoms with Gasteiger partial charge in [0, 0.05) is 33.2 Å². The minimum atomic E-state index is 0.672. The van der Waals surface area contributed by atoms with Crippen molar-refractivity contribution in [3.63, 3.8) is 0 Å². The van der Waals surface area contributed by atoms with Crippen LogP contribution in [-0.4, -0.2) is 14.5 Å². The Morgan fingerprint density at radius 3 is 1.31 bits per heavy atom. The number of benzene rings is 10. The first kappa shape index (κ1) is 39.7. The quantitative estimate of drug-likeness (QED) is 0.145. The lowest BCUT2D eigenvalue weighted by Crippen LogP contribution is -1.96. The minimum Gasteiger partial charge on any atom is -0.309 e. The van der Waals surface area contributed by atoms with Crippen molar-refractivity contribution in [2.24, 2.45) is 0 Å². The summed E-state index contributed by atoms with van der Waals surface area (Å²) in [4.78, 5) is 10.7. The van der Waals surface area contributed by atoms with Gasteiger partial charge in [-0.25, -0.2) is 9.97 Å². The molecule has 2 heterocycles. The van der Waals surface area contributed by atoms with Crippen molar-refractivity contribution in [1.82, 2.24) is 14.5 Å². The zero-order chi connectivity index (χ0) is 44.5. The first-order valence-corrected chi connectivity index (χ1v) is 22.8. The summed E-state index contributed by atoms with van der Waals surface area (Å²) >= 11 is 0. The van der Waals surface area contributed by atoms with Gasteiger partial charge in [0.25, 0.3) is 0 Å². The van der Waals surface area contributed by atoms with Crippen molar-refractivity contribution in [3.05, 3.63) is 261 Å². The van der Waals surface area contributed by atoms with E-state index in [1.165, 1.54) is 49.7 Å². The summed E-state index contributed by atoms with van der Waals surface area (Å²) in [5.74, 6) is 0.672. The first-order valence-electron chi connectivity index (χ1n) is 22.8. The molecule has 0 atom stereocenters. The molecule has 0 N–H and O–H groups in total. The lowest BCUT2D eigenvalue weighted by Gasteiger charge is -2.13. The predicted molar refractivity (Wildman–Crippen MR) is 280 cm³/mol. The summed E-state index contributed by atoms with van der Waals surface area (Å²) in [6.07, 6.45) is 0. The van der Waals surface area contributed by atoms with Gasteiger partial charge in [0.2, 0.25) is 0 Å². The van der Waals surface area contributed by atoms with Crippen LogP contribution in [0.3, 0.4) is 0 Å². The fourth-order valence-electron chi connectivity index (χ4n) is 9.53. The zero-order valence-electron chi connectivity index (χ0n) is 36.7. The van der Waals surface area contributed by atoms with Gasteiger partial charge in [0.1, 0.15) is 0 Å². The maximum absolute atomic E-state index is 5.39. The van der Waals surface area contributed by atoms with E-state index < -0.39 is 0 Å². The molecule has 10 aromatic carbocycles. The van der Waals surface area contributed by atoms with E-state index in [-0.39, 0.29) is 0 Å². The third-order valence-corrected chi connectivity index (χ3v) is 12.8. The van der Waals surface area contributed by atoms with Crippen LogP contribution >= 0.6 is 0 Å². The van der Waals surface area contributed by atoms with Crippen LogP contribution in [0, 0.1) is 0 Å². The molecule has 0 radical (unpaired) electrons. The van der Waals surface area contributed by atoms with Gasteiger partial charge in [-0.1, -0.05) is 194 Å². The van der Waals surface area contributed by atoms with Crippen LogP contribution in [0.25, 0.3) is 117 Å². The Balaban J connectivity index is 1.00. The summed E-state index contributed by atoms with van der Waals surface area (Å²) in [5, 5.41) is 2.41. The number of para-hydroxylation sites is 1. The zero-order valence-corrected chi connectivity index (χ0v) is 36.7. The van der Waals surface area contributed by atoms with Gasteiger partial charge < -0.3 is 4.57 Å². The molecule has 0 aliphatic heterocycles. The second kappa shape index (κ2) is 17.2. The number of fused-ring (bicyclic) bond motifs is 3. The van der Waals surface area contributed by atoms with Gasteiger partial charge in [-0.05, 0) is 122 Å². The lowest BCUT2D eigenvalue weighted by atomic mass is 9.92. The number of nitrogens with zero attached hydrogens (tertiary/aromatic N) is 3. The van der Waals surface area contributed by atoms with E-state index in [9.17, 15) is 0 Å². The molecule has 0 saturated heterocycles. The van der Waals surface area contributed by atoms with E-state index >= 15 is 0 Å². The fraction of sp³-hybridized carbons (Fsp3) is 0. The van der Waals surface area contributed by atoms with Crippen molar-refractivity contribution < 1.29 is 0 Å². The van der Waals surface area contributed by atoms with Crippen LogP contribution in [-0.2, 0) is 0 Å². The van der Waals surface area contributed by atoms with E-state index in [4.69, 9.17) is 9.97 Å². The van der Waals surface area contributed by atoms with Gasteiger partial charge >= 0.3 is 0 Å². The fourth-order valence-corrected chi connectivity index (χ4v) is 9.53. The van der Waals surface area contributed by atoms with Crippen molar-refractivity contribution in [2.75, 3.05) is 0 Å². The monoisotopic (exact) mass is 853 g/mol. The molecule has 0 aliphatic rings. The molecule has 3 heteroatoms. The van der Waals surface area contributed by atoms with Crippen LogP contribution in [0.15, 0.2) is 261 Å². The molecule has 0 bridgehead atoms. The predicted octanol–water partition coefficient (Wildman–Crippen LogP) is 16.9. The molecule has 0 amide bonds. The number of hydrogen-bond donors (Lipinski definition) is 0. The van der Waals surface area contributed by atoms with Gasteiger partial charge in [-0.2, -0.15) is 0 Å². The second-order valence-electron chi connectivity index (χ2n) is 17.0. The molecule has 67 heavy (non-hydrogen) atoms. The van der Waals surface area contributed by atoms with Crippen molar-refractivity contribution >= 4 is 21.8 Å². The van der Waals surface area contributed by atoms with Crippen LogP contribution in [0.1, 0.15) is 0 Å². The number of hydrogen-bond acceptors (Lipinski definition) is 2. The maximum atomic E-state index is 5.39. The van der Waals surface area contributed by atoms with Crippen LogP contribution in [0.5, 0.6) is 0 Å². The SMILES string of the molecule is c1ccc(-c2cc(-c3ccccc3)cc(-c3cccc(-c4cc(-c5ccccc5)nc(-c5cccc(-c6cccc7c6c6cc(-c8ccccc8)ccc6n7-c6ccccc6)c5)n4)c3)c2)cc1. The topological polar surface area (TPSA) is 30.7 Å². The first-order chi connectivity index (χ1) is 33.2. The van der Waals surface area contributed by atoms with E-state index in [0.717, 1.165) is 61.5 Å². The molecule has 2 aromatic heterocycles. The molecule has 0 saturated carbocycles. The van der Waals surface area contributed by atoms with Crippen LogP contribution in [0.2, 0.25) is 0 Å². The van der Waals surface area contributed by atoms with Crippen molar-refractivity contribution in [1.29, 1.82) is 0 Å². The van der Waals surface area contributed by atoms with E-state index in [1.807, 2.05) is 6.07 Å². The Hall–Kier alpha value is -8.92. The summed E-state index contributed by atoms with van der Waals surface area (Å²) in [7, 11) is 0. The molecule has 0 spiro atoms.